The molecule has 0 aromatic heterocycles. The van der Waals surface area contributed by atoms with Crippen molar-refractivity contribution in [2.45, 2.75) is 19.4 Å². The van der Waals surface area contributed by atoms with Gasteiger partial charge < -0.3 is 25.0 Å². The van der Waals surface area contributed by atoms with Gasteiger partial charge in [-0.1, -0.05) is 12.1 Å². The minimum atomic E-state index is -0.372. The molecule has 0 atom stereocenters. The Morgan fingerprint density at radius 2 is 1.82 bits per heavy atom. The first-order valence-electron chi connectivity index (χ1n) is 9.26. The molecule has 7 heteroatoms. The Balaban J connectivity index is 1.60. The van der Waals surface area contributed by atoms with E-state index in [4.69, 9.17) is 9.47 Å². The molecule has 1 saturated heterocycles. The number of nitrogens with zero attached hydrogens (tertiary/aromatic N) is 1. The van der Waals surface area contributed by atoms with Gasteiger partial charge in [-0.25, -0.2) is 4.79 Å². The van der Waals surface area contributed by atoms with Crippen LogP contribution < -0.4 is 20.1 Å². The minimum absolute atomic E-state index is 0.0462. The van der Waals surface area contributed by atoms with Crippen LogP contribution in [0.4, 0.5) is 10.5 Å². The van der Waals surface area contributed by atoms with Gasteiger partial charge in [0.25, 0.3) is 5.91 Å². The average Bonchev–Trinajstić information content (AvgIpc) is 3.26. The topological polar surface area (TPSA) is 79.9 Å². The largest absolute Gasteiger partial charge is 0.497 e. The number of amides is 3. The number of carbonyl (C=O) groups is 2. The number of likely N-dealkylation sites (tertiary alicyclic amines) is 1. The maximum Gasteiger partial charge on any atom is 0.319 e. The first-order valence-corrected chi connectivity index (χ1v) is 9.26. The number of ether oxygens (including phenoxy) is 2. The van der Waals surface area contributed by atoms with Crippen LogP contribution in [0.5, 0.6) is 11.5 Å². The third kappa shape index (κ3) is 4.73. The maximum absolute atomic E-state index is 12.5. The Kier molecular flexibility index (Phi) is 6.37. The number of hydrogen-bond acceptors (Lipinski definition) is 4. The van der Waals surface area contributed by atoms with Gasteiger partial charge in [-0.15, -0.1) is 0 Å². The Bertz CT molecular complexity index is 847. The van der Waals surface area contributed by atoms with Crippen molar-refractivity contribution in [1.29, 1.82) is 0 Å². The van der Waals surface area contributed by atoms with Gasteiger partial charge in [0.2, 0.25) is 0 Å². The Labute approximate surface area is 164 Å². The number of urea groups is 1. The Morgan fingerprint density at radius 1 is 1.04 bits per heavy atom. The molecule has 1 aliphatic rings. The van der Waals surface area contributed by atoms with E-state index in [9.17, 15) is 9.59 Å². The molecule has 3 rings (SSSR count). The Morgan fingerprint density at radius 3 is 2.54 bits per heavy atom. The van der Waals surface area contributed by atoms with Crippen LogP contribution >= 0.6 is 0 Å². The summed E-state index contributed by atoms with van der Waals surface area (Å²) in [4.78, 5) is 26.7. The van der Waals surface area contributed by atoms with Crippen LogP contribution in [0.25, 0.3) is 0 Å². The first kappa shape index (κ1) is 19.5. The van der Waals surface area contributed by atoms with Gasteiger partial charge in [0.05, 0.1) is 19.9 Å². The third-order valence-corrected chi connectivity index (χ3v) is 4.68. The van der Waals surface area contributed by atoms with Crippen molar-refractivity contribution in [3.63, 3.8) is 0 Å². The van der Waals surface area contributed by atoms with Crippen LogP contribution in [0.3, 0.4) is 0 Å². The van der Waals surface area contributed by atoms with Crippen molar-refractivity contribution in [3.05, 3.63) is 53.6 Å². The third-order valence-electron chi connectivity index (χ3n) is 4.68. The molecule has 0 spiro atoms. The van der Waals surface area contributed by atoms with Crippen LogP contribution in [-0.2, 0) is 6.54 Å². The normalized spacial score (nSPS) is 13.1. The fraction of sp³-hybridized carbons (Fsp3) is 0.333. The van der Waals surface area contributed by atoms with E-state index in [1.165, 1.54) is 7.11 Å². The summed E-state index contributed by atoms with van der Waals surface area (Å²) in [6.07, 6.45) is 2.11. The molecular weight excluding hydrogens is 358 g/mol. The lowest BCUT2D eigenvalue weighted by molar-refractivity contribution is 0.0792. The molecule has 1 heterocycles. The van der Waals surface area contributed by atoms with Crippen molar-refractivity contribution in [2.75, 3.05) is 32.6 Å². The number of carbonyl (C=O) groups excluding carboxylic acids is 2. The van der Waals surface area contributed by atoms with E-state index in [0.717, 1.165) is 31.5 Å². The molecule has 0 saturated carbocycles. The molecule has 0 radical (unpaired) electrons. The second-order valence-corrected chi connectivity index (χ2v) is 6.57. The molecule has 0 bridgehead atoms. The van der Waals surface area contributed by atoms with Crippen LogP contribution in [0.2, 0.25) is 0 Å². The average molecular weight is 383 g/mol. The van der Waals surface area contributed by atoms with Crippen molar-refractivity contribution in [3.8, 4) is 11.5 Å². The van der Waals surface area contributed by atoms with Crippen molar-refractivity contribution < 1.29 is 19.1 Å². The highest BCUT2D eigenvalue weighted by Crippen LogP contribution is 2.28. The molecule has 0 aliphatic carbocycles. The van der Waals surface area contributed by atoms with Gasteiger partial charge in [0.15, 0.2) is 0 Å². The van der Waals surface area contributed by atoms with Crippen molar-refractivity contribution in [2.24, 2.45) is 0 Å². The predicted octanol–water partition coefficient (Wildman–Crippen LogP) is 3.26. The molecule has 2 N–H and O–H groups in total. The SMILES string of the molecule is COc1ccc(OC)c(NC(=O)NCc2cccc(C(=O)N3CCCC3)c2)c1. The van der Waals surface area contributed by atoms with E-state index in [0.29, 0.717) is 29.3 Å². The molecule has 2 aromatic carbocycles. The molecule has 2 aromatic rings. The summed E-state index contributed by atoms with van der Waals surface area (Å²) in [5.74, 6) is 1.20. The Hall–Kier alpha value is -3.22. The summed E-state index contributed by atoms with van der Waals surface area (Å²) in [5, 5.41) is 5.56. The van der Waals surface area contributed by atoms with E-state index < -0.39 is 0 Å². The number of nitrogens with one attached hydrogen (secondary N) is 2. The van der Waals surface area contributed by atoms with Gasteiger partial charge in [-0.3, -0.25) is 4.79 Å². The summed E-state index contributed by atoms with van der Waals surface area (Å²) in [7, 11) is 3.09. The zero-order chi connectivity index (χ0) is 19.9. The molecule has 0 unspecified atom stereocenters. The summed E-state index contributed by atoms with van der Waals surface area (Å²) in [6, 6.07) is 12.2. The highest BCUT2D eigenvalue weighted by Gasteiger charge is 2.19. The lowest BCUT2D eigenvalue weighted by Gasteiger charge is -2.16. The van der Waals surface area contributed by atoms with E-state index >= 15 is 0 Å². The number of hydrogen-bond donors (Lipinski definition) is 2. The standard InChI is InChI=1S/C21H25N3O4/c1-27-17-8-9-19(28-2)18(13-17)23-21(26)22-14-15-6-5-7-16(12-15)20(25)24-10-3-4-11-24/h5-9,12-13H,3-4,10-11,14H2,1-2H3,(H2,22,23,26). The molecule has 28 heavy (non-hydrogen) atoms. The van der Waals surface area contributed by atoms with Crippen molar-refractivity contribution >= 4 is 17.6 Å². The number of benzene rings is 2. The quantitative estimate of drug-likeness (QED) is 0.802. The monoisotopic (exact) mass is 383 g/mol. The molecule has 7 nitrogen and oxygen atoms in total. The number of methoxy groups -OCH3 is 2. The smallest absolute Gasteiger partial charge is 0.319 e. The second kappa shape index (κ2) is 9.12. The fourth-order valence-electron chi connectivity index (χ4n) is 3.18. The number of rotatable bonds is 6. The summed E-state index contributed by atoms with van der Waals surface area (Å²) in [6.45, 7) is 1.93. The van der Waals surface area contributed by atoms with Crippen LogP contribution in [0.1, 0.15) is 28.8 Å². The molecule has 148 valence electrons. The molecular formula is C21H25N3O4. The van der Waals surface area contributed by atoms with E-state index in [-0.39, 0.29) is 11.9 Å². The summed E-state index contributed by atoms with van der Waals surface area (Å²) < 4.78 is 10.4. The van der Waals surface area contributed by atoms with Gasteiger partial charge >= 0.3 is 6.03 Å². The maximum atomic E-state index is 12.5. The summed E-state index contributed by atoms with van der Waals surface area (Å²) in [5.41, 5.74) is 2.02. The lowest BCUT2D eigenvalue weighted by Crippen LogP contribution is -2.29. The van der Waals surface area contributed by atoms with E-state index in [1.54, 1.807) is 25.3 Å². The highest BCUT2D eigenvalue weighted by molar-refractivity contribution is 5.94. The highest BCUT2D eigenvalue weighted by atomic mass is 16.5. The van der Waals surface area contributed by atoms with E-state index in [2.05, 4.69) is 10.6 Å². The van der Waals surface area contributed by atoms with E-state index in [1.807, 2.05) is 29.2 Å². The van der Waals surface area contributed by atoms with Gasteiger partial charge in [-0.05, 0) is 42.7 Å². The molecule has 3 amide bonds. The molecule has 1 aliphatic heterocycles. The fourth-order valence-corrected chi connectivity index (χ4v) is 3.18. The first-order chi connectivity index (χ1) is 13.6. The molecule has 1 fully saturated rings. The zero-order valence-corrected chi connectivity index (χ0v) is 16.2. The zero-order valence-electron chi connectivity index (χ0n) is 16.2. The minimum Gasteiger partial charge on any atom is -0.497 e. The van der Waals surface area contributed by atoms with Gasteiger partial charge in [0.1, 0.15) is 11.5 Å². The number of anilines is 1. The lowest BCUT2D eigenvalue weighted by atomic mass is 10.1. The van der Waals surface area contributed by atoms with Gasteiger partial charge in [0, 0.05) is 31.3 Å². The van der Waals surface area contributed by atoms with Gasteiger partial charge in [-0.2, -0.15) is 0 Å². The second-order valence-electron chi connectivity index (χ2n) is 6.57. The van der Waals surface area contributed by atoms with Crippen LogP contribution in [0, 0.1) is 0 Å². The van der Waals surface area contributed by atoms with Crippen molar-refractivity contribution in [1.82, 2.24) is 10.2 Å². The van der Waals surface area contributed by atoms with Crippen LogP contribution in [-0.4, -0.2) is 44.1 Å². The van der Waals surface area contributed by atoms with Crippen LogP contribution in [0.15, 0.2) is 42.5 Å². The predicted molar refractivity (Wildman–Crippen MR) is 107 cm³/mol. The summed E-state index contributed by atoms with van der Waals surface area (Å²) >= 11 is 0.